The molecule has 3 rings (SSSR count). The molecule has 0 saturated heterocycles. The first-order valence-electron chi connectivity index (χ1n) is 5.58. The van der Waals surface area contributed by atoms with E-state index in [0.29, 0.717) is 5.88 Å². The lowest BCUT2D eigenvalue weighted by atomic mass is 10.1. The summed E-state index contributed by atoms with van der Waals surface area (Å²) in [5, 5.41) is 0. The number of aromatic nitrogens is 3. The highest BCUT2D eigenvalue weighted by Gasteiger charge is 2.03. The van der Waals surface area contributed by atoms with Gasteiger partial charge in [-0.05, 0) is 18.2 Å². The molecule has 0 fully saturated rings. The number of nitrogens with zero attached hydrogens (tertiary/aromatic N) is 3. The Kier molecular flexibility index (Phi) is 2.61. The van der Waals surface area contributed by atoms with Crippen molar-refractivity contribution in [2.45, 2.75) is 0 Å². The molecule has 0 aromatic carbocycles. The highest BCUT2D eigenvalue weighted by Crippen LogP contribution is 2.22. The van der Waals surface area contributed by atoms with Gasteiger partial charge < -0.3 is 4.74 Å². The van der Waals surface area contributed by atoms with Crippen LogP contribution in [0.15, 0.2) is 48.9 Å². The predicted octanol–water partition coefficient (Wildman–Crippen LogP) is 2.70. The predicted molar refractivity (Wildman–Crippen MR) is 69.3 cm³/mol. The van der Waals surface area contributed by atoms with Crippen LogP contribution in [0.25, 0.3) is 22.2 Å². The molecule has 0 unspecified atom stereocenters. The molecule has 0 aliphatic rings. The first-order chi connectivity index (χ1) is 8.86. The van der Waals surface area contributed by atoms with Gasteiger partial charge in [0.05, 0.1) is 18.1 Å². The minimum atomic E-state index is 0.590. The monoisotopic (exact) mass is 237 g/mol. The Bertz CT molecular complexity index is 683. The van der Waals surface area contributed by atoms with Gasteiger partial charge in [0.2, 0.25) is 5.88 Å². The maximum absolute atomic E-state index is 5.12. The number of rotatable bonds is 2. The summed E-state index contributed by atoms with van der Waals surface area (Å²) in [6.07, 6.45) is 5.38. The maximum Gasteiger partial charge on any atom is 0.213 e. The third kappa shape index (κ3) is 1.88. The van der Waals surface area contributed by atoms with Gasteiger partial charge in [-0.1, -0.05) is 6.07 Å². The Labute approximate surface area is 104 Å². The normalized spacial score (nSPS) is 10.5. The molecule has 0 bridgehead atoms. The first kappa shape index (κ1) is 10.7. The summed E-state index contributed by atoms with van der Waals surface area (Å²) >= 11 is 0. The van der Waals surface area contributed by atoms with Crippen LogP contribution in [0.4, 0.5) is 0 Å². The molecule has 0 N–H and O–H groups in total. The molecule has 0 aliphatic carbocycles. The van der Waals surface area contributed by atoms with E-state index in [-0.39, 0.29) is 0 Å². The van der Waals surface area contributed by atoms with Crippen molar-refractivity contribution < 1.29 is 4.74 Å². The standard InChI is InChI=1S/C14H11N3O/c1-18-14-5-4-12-13(17-14)7-11(9-16-12)10-3-2-6-15-8-10/h2-9H,1H3. The molecule has 4 nitrogen and oxygen atoms in total. The summed E-state index contributed by atoms with van der Waals surface area (Å²) in [6.45, 7) is 0. The summed E-state index contributed by atoms with van der Waals surface area (Å²) in [5.74, 6) is 0.590. The first-order valence-corrected chi connectivity index (χ1v) is 5.58. The van der Waals surface area contributed by atoms with Crippen LogP contribution in [-0.2, 0) is 0 Å². The number of pyridine rings is 3. The molecule has 3 aromatic rings. The van der Waals surface area contributed by atoms with E-state index in [4.69, 9.17) is 4.74 Å². The quantitative estimate of drug-likeness (QED) is 0.687. The second-order valence-electron chi connectivity index (χ2n) is 3.86. The van der Waals surface area contributed by atoms with E-state index in [1.54, 1.807) is 19.4 Å². The van der Waals surface area contributed by atoms with E-state index in [2.05, 4.69) is 15.0 Å². The van der Waals surface area contributed by atoms with Crippen LogP contribution in [0.2, 0.25) is 0 Å². The van der Waals surface area contributed by atoms with Gasteiger partial charge in [0.1, 0.15) is 0 Å². The zero-order valence-corrected chi connectivity index (χ0v) is 9.87. The Morgan fingerprint density at radius 2 is 1.94 bits per heavy atom. The molecule has 0 aliphatic heterocycles. The van der Waals surface area contributed by atoms with Crippen molar-refractivity contribution >= 4 is 11.0 Å². The van der Waals surface area contributed by atoms with Crippen LogP contribution < -0.4 is 4.74 Å². The van der Waals surface area contributed by atoms with Crippen LogP contribution in [0.3, 0.4) is 0 Å². The minimum Gasteiger partial charge on any atom is -0.481 e. The summed E-state index contributed by atoms with van der Waals surface area (Å²) in [7, 11) is 1.60. The fraction of sp³-hybridized carbons (Fsp3) is 0.0714. The molecule has 4 heteroatoms. The fourth-order valence-electron chi connectivity index (χ4n) is 1.79. The molecular weight excluding hydrogens is 226 g/mol. The largest absolute Gasteiger partial charge is 0.481 e. The fourth-order valence-corrected chi connectivity index (χ4v) is 1.79. The third-order valence-corrected chi connectivity index (χ3v) is 2.72. The lowest BCUT2D eigenvalue weighted by molar-refractivity contribution is 0.399. The van der Waals surface area contributed by atoms with Crippen LogP contribution in [-0.4, -0.2) is 22.1 Å². The van der Waals surface area contributed by atoms with E-state index in [0.717, 1.165) is 22.2 Å². The minimum absolute atomic E-state index is 0.590. The lowest BCUT2D eigenvalue weighted by Crippen LogP contribution is -1.90. The topological polar surface area (TPSA) is 47.9 Å². The Morgan fingerprint density at radius 1 is 1.00 bits per heavy atom. The zero-order valence-electron chi connectivity index (χ0n) is 9.87. The lowest BCUT2D eigenvalue weighted by Gasteiger charge is -2.04. The number of hydrogen-bond acceptors (Lipinski definition) is 4. The molecular formula is C14H11N3O. The van der Waals surface area contributed by atoms with E-state index >= 15 is 0 Å². The van der Waals surface area contributed by atoms with Crippen LogP contribution >= 0.6 is 0 Å². The molecule has 0 radical (unpaired) electrons. The summed E-state index contributed by atoms with van der Waals surface area (Å²) < 4.78 is 5.12. The highest BCUT2D eigenvalue weighted by molar-refractivity contribution is 5.80. The van der Waals surface area contributed by atoms with Gasteiger partial charge in [0.15, 0.2) is 0 Å². The molecule has 0 atom stereocenters. The second-order valence-corrected chi connectivity index (χ2v) is 3.86. The van der Waals surface area contributed by atoms with E-state index in [9.17, 15) is 0 Å². The third-order valence-electron chi connectivity index (χ3n) is 2.72. The molecule has 0 amide bonds. The Morgan fingerprint density at radius 3 is 2.72 bits per heavy atom. The van der Waals surface area contributed by atoms with E-state index in [1.807, 2.05) is 36.7 Å². The summed E-state index contributed by atoms with van der Waals surface area (Å²) in [4.78, 5) is 12.9. The van der Waals surface area contributed by atoms with E-state index < -0.39 is 0 Å². The molecule has 0 spiro atoms. The number of fused-ring (bicyclic) bond motifs is 1. The average Bonchev–Trinajstić information content (AvgIpc) is 2.47. The van der Waals surface area contributed by atoms with Crippen molar-refractivity contribution in [2.75, 3.05) is 7.11 Å². The maximum atomic E-state index is 5.12. The van der Waals surface area contributed by atoms with Crippen LogP contribution in [0.1, 0.15) is 0 Å². The van der Waals surface area contributed by atoms with Gasteiger partial charge >= 0.3 is 0 Å². The van der Waals surface area contributed by atoms with Gasteiger partial charge in [-0.15, -0.1) is 0 Å². The van der Waals surface area contributed by atoms with Gasteiger partial charge in [0, 0.05) is 35.8 Å². The number of ether oxygens (including phenoxy) is 1. The smallest absolute Gasteiger partial charge is 0.213 e. The molecule has 18 heavy (non-hydrogen) atoms. The Hall–Kier alpha value is -2.49. The Balaban J connectivity index is 2.15. The van der Waals surface area contributed by atoms with Crippen molar-refractivity contribution in [1.82, 2.24) is 15.0 Å². The van der Waals surface area contributed by atoms with Gasteiger partial charge in [-0.25, -0.2) is 4.98 Å². The van der Waals surface area contributed by atoms with E-state index in [1.165, 1.54) is 0 Å². The SMILES string of the molecule is COc1ccc2ncc(-c3cccnc3)cc2n1. The van der Waals surface area contributed by atoms with Crippen molar-refractivity contribution in [1.29, 1.82) is 0 Å². The summed E-state index contributed by atoms with van der Waals surface area (Å²) in [6, 6.07) is 9.59. The van der Waals surface area contributed by atoms with Gasteiger partial charge in [-0.3, -0.25) is 9.97 Å². The van der Waals surface area contributed by atoms with Crippen molar-refractivity contribution in [2.24, 2.45) is 0 Å². The van der Waals surface area contributed by atoms with Crippen LogP contribution in [0, 0.1) is 0 Å². The molecule has 3 heterocycles. The number of hydrogen-bond donors (Lipinski definition) is 0. The molecule has 0 saturated carbocycles. The van der Waals surface area contributed by atoms with Crippen LogP contribution in [0.5, 0.6) is 5.88 Å². The number of methoxy groups -OCH3 is 1. The van der Waals surface area contributed by atoms with Gasteiger partial charge in [0.25, 0.3) is 0 Å². The second kappa shape index (κ2) is 4.41. The van der Waals surface area contributed by atoms with Gasteiger partial charge in [-0.2, -0.15) is 0 Å². The zero-order chi connectivity index (χ0) is 12.4. The molecule has 3 aromatic heterocycles. The summed E-state index contributed by atoms with van der Waals surface area (Å²) in [5.41, 5.74) is 3.69. The van der Waals surface area contributed by atoms with Crippen molar-refractivity contribution in [3.8, 4) is 17.0 Å². The van der Waals surface area contributed by atoms with Crippen molar-refractivity contribution in [3.05, 3.63) is 48.9 Å². The molecule has 88 valence electrons. The van der Waals surface area contributed by atoms with Crippen molar-refractivity contribution in [3.63, 3.8) is 0 Å². The highest BCUT2D eigenvalue weighted by atomic mass is 16.5. The average molecular weight is 237 g/mol.